The highest BCUT2D eigenvalue weighted by molar-refractivity contribution is 9.10. The molecule has 0 aliphatic carbocycles. The second kappa shape index (κ2) is 7.23. The summed E-state index contributed by atoms with van der Waals surface area (Å²) in [5, 5.41) is 17.9. The van der Waals surface area contributed by atoms with Crippen LogP contribution in [-0.4, -0.2) is 52.1 Å². The average Bonchev–Trinajstić information content (AvgIpc) is 2.44. The van der Waals surface area contributed by atoms with Gasteiger partial charge in [-0.05, 0) is 22.0 Å². The first-order chi connectivity index (χ1) is 9.35. The lowest BCUT2D eigenvalue weighted by Gasteiger charge is -2.14. The number of sulfonamides is 1. The fourth-order valence-electron chi connectivity index (χ4n) is 1.39. The first kappa shape index (κ1) is 17.2. The van der Waals surface area contributed by atoms with Crippen LogP contribution in [0.4, 0.5) is 0 Å². The fourth-order valence-corrected chi connectivity index (χ4v) is 3.50. The number of halogens is 1. The Bertz CT molecular complexity index is 562. The third-order valence-corrected chi connectivity index (χ3v) is 4.83. The molecule has 0 fully saturated rings. The molecule has 1 rings (SSSR count). The third kappa shape index (κ3) is 4.06. The largest absolute Gasteiger partial charge is 0.493 e. The van der Waals surface area contributed by atoms with Crippen molar-refractivity contribution in [3.63, 3.8) is 0 Å². The Morgan fingerprint density at radius 1 is 1.30 bits per heavy atom. The van der Waals surface area contributed by atoms with Gasteiger partial charge in [0.05, 0.1) is 26.9 Å². The predicted molar refractivity (Wildman–Crippen MR) is 75.5 cm³/mol. The molecule has 0 aromatic heterocycles. The quantitative estimate of drug-likeness (QED) is 0.629. The summed E-state index contributed by atoms with van der Waals surface area (Å²) in [5.74, 6) is 0.646. The molecule has 1 aromatic rings. The smallest absolute Gasteiger partial charge is 0.241 e. The van der Waals surface area contributed by atoms with Crippen LogP contribution in [0.3, 0.4) is 0 Å². The summed E-state index contributed by atoms with van der Waals surface area (Å²) in [4.78, 5) is -0.0553. The van der Waals surface area contributed by atoms with Gasteiger partial charge in [0.1, 0.15) is 4.90 Å². The first-order valence-electron chi connectivity index (χ1n) is 5.55. The molecular weight excluding hydrogens is 354 g/mol. The van der Waals surface area contributed by atoms with Crippen LogP contribution in [0, 0.1) is 0 Å². The van der Waals surface area contributed by atoms with E-state index in [1.165, 1.54) is 26.4 Å². The monoisotopic (exact) mass is 369 g/mol. The summed E-state index contributed by atoms with van der Waals surface area (Å²) in [6, 6.07) is 2.77. The van der Waals surface area contributed by atoms with E-state index < -0.39 is 22.7 Å². The third-order valence-electron chi connectivity index (χ3n) is 2.45. The molecule has 1 atom stereocenters. The van der Waals surface area contributed by atoms with Crippen molar-refractivity contribution in [2.75, 3.05) is 27.4 Å². The van der Waals surface area contributed by atoms with E-state index in [-0.39, 0.29) is 17.2 Å². The van der Waals surface area contributed by atoms with Crippen molar-refractivity contribution in [3.8, 4) is 11.5 Å². The number of ether oxygens (including phenoxy) is 2. The minimum absolute atomic E-state index is 0.0553. The number of benzene rings is 1. The predicted octanol–water partition coefficient (Wildman–Crippen LogP) is 0.0978. The molecule has 0 aliphatic rings. The van der Waals surface area contributed by atoms with Crippen LogP contribution in [-0.2, 0) is 10.0 Å². The Kier molecular flexibility index (Phi) is 6.21. The summed E-state index contributed by atoms with van der Waals surface area (Å²) in [6.07, 6.45) is -1.16. The van der Waals surface area contributed by atoms with Crippen molar-refractivity contribution in [3.05, 3.63) is 16.6 Å². The fraction of sp³-hybridized carbons (Fsp3) is 0.455. The van der Waals surface area contributed by atoms with Crippen LogP contribution in [0.2, 0.25) is 0 Å². The van der Waals surface area contributed by atoms with Crippen LogP contribution in [0.25, 0.3) is 0 Å². The van der Waals surface area contributed by atoms with Gasteiger partial charge < -0.3 is 19.7 Å². The van der Waals surface area contributed by atoms with Gasteiger partial charge in [0.25, 0.3) is 0 Å². The number of nitrogens with one attached hydrogen (secondary N) is 1. The van der Waals surface area contributed by atoms with Crippen LogP contribution < -0.4 is 14.2 Å². The molecule has 0 spiro atoms. The van der Waals surface area contributed by atoms with Gasteiger partial charge in [-0.2, -0.15) is 0 Å². The van der Waals surface area contributed by atoms with Gasteiger partial charge >= 0.3 is 0 Å². The van der Waals surface area contributed by atoms with E-state index >= 15 is 0 Å². The number of hydrogen-bond acceptors (Lipinski definition) is 6. The van der Waals surface area contributed by atoms with Crippen molar-refractivity contribution in [1.29, 1.82) is 0 Å². The molecule has 0 amide bonds. The molecule has 114 valence electrons. The lowest BCUT2D eigenvalue weighted by atomic mass is 10.3. The second-order valence-electron chi connectivity index (χ2n) is 3.83. The maximum atomic E-state index is 12.1. The van der Waals surface area contributed by atoms with E-state index in [0.717, 1.165) is 0 Å². The van der Waals surface area contributed by atoms with Crippen molar-refractivity contribution in [2.24, 2.45) is 0 Å². The average molecular weight is 370 g/mol. The van der Waals surface area contributed by atoms with E-state index in [4.69, 9.17) is 14.6 Å². The Labute approximate surface area is 125 Å². The van der Waals surface area contributed by atoms with Gasteiger partial charge in [-0.25, -0.2) is 13.1 Å². The van der Waals surface area contributed by atoms with Crippen molar-refractivity contribution in [2.45, 2.75) is 11.0 Å². The molecular formula is C11H16BrNO6S. The zero-order chi connectivity index (χ0) is 15.3. The molecule has 0 bridgehead atoms. The summed E-state index contributed by atoms with van der Waals surface area (Å²) < 4.78 is 36.8. The van der Waals surface area contributed by atoms with Crippen LogP contribution >= 0.6 is 15.9 Å². The van der Waals surface area contributed by atoms with Gasteiger partial charge in [-0.1, -0.05) is 0 Å². The number of aliphatic hydroxyl groups is 2. The van der Waals surface area contributed by atoms with Gasteiger partial charge in [-0.15, -0.1) is 0 Å². The maximum Gasteiger partial charge on any atom is 0.241 e. The number of aliphatic hydroxyl groups excluding tert-OH is 2. The van der Waals surface area contributed by atoms with E-state index in [1.54, 1.807) is 0 Å². The van der Waals surface area contributed by atoms with Gasteiger partial charge in [0.15, 0.2) is 11.5 Å². The zero-order valence-corrected chi connectivity index (χ0v) is 13.4. The molecule has 7 nitrogen and oxygen atoms in total. The first-order valence-corrected chi connectivity index (χ1v) is 7.83. The molecule has 1 aromatic carbocycles. The van der Waals surface area contributed by atoms with Crippen LogP contribution in [0.5, 0.6) is 11.5 Å². The Morgan fingerprint density at radius 2 is 1.85 bits per heavy atom. The number of hydrogen-bond donors (Lipinski definition) is 3. The minimum Gasteiger partial charge on any atom is -0.493 e. The Balaban J connectivity index is 3.12. The van der Waals surface area contributed by atoms with E-state index in [0.29, 0.717) is 10.2 Å². The normalized spacial score (nSPS) is 13.1. The number of methoxy groups -OCH3 is 2. The number of rotatable bonds is 7. The molecule has 3 N–H and O–H groups in total. The highest BCUT2D eigenvalue weighted by Gasteiger charge is 2.21. The lowest BCUT2D eigenvalue weighted by Crippen LogP contribution is -2.34. The van der Waals surface area contributed by atoms with E-state index in [1.807, 2.05) is 0 Å². The topological polar surface area (TPSA) is 105 Å². The van der Waals surface area contributed by atoms with Crippen LogP contribution in [0.15, 0.2) is 21.5 Å². The highest BCUT2D eigenvalue weighted by Crippen LogP contribution is 2.35. The summed E-state index contributed by atoms with van der Waals surface area (Å²) in [7, 11) is -1.02. The van der Waals surface area contributed by atoms with E-state index in [2.05, 4.69) is 20.7 Å². The lowest BCUT2D eigenvalue weighted by molar-refractivity contribution is 0.0988. The van der Waals surface area contributed by atoms with E-state index in [9.17, 15) is 13.5 Å². The molecule has 0 aliphatic heterocycles. The van der Waals surface area contributed by atoms with Crippen molar-refractivity contribution < 1.29 is 28.1 Å². The zero-order valence-electron chi connectivity index (χ0n) is 11.0. The van der Waals surface area contributed by atoms with Crippen LogP contribution in [0.1, 0.15) is 0 Å². The van der Waals surface area contributed by atoms with Gasteiger partial charge in [0.2, 0.25) is 10.0 Å². The molecule has 0 radical (unpaired) electrons. The summed E-state index contributed by atoms with van der Waals surface area (Å²) >= 11 is 3.14. The molecule has 20 heavy (non-hydrogen) atoms. The van der Waals surface area contributed by atoms with Crippen molar-refractivity contribution in [1.82, 2.24) is 4.72 Å². The van der Waals surface area contributed by atoms with Crippen molar-refractivity contribution >= 4 is 26.0 Å². The molecule has 1 unspecified atom stereocenters. The summed E-state index contributed by atoms with van der Waals surface area (Å²) in [5.41, 5.74) is 0. The molecule has 0 saturated carbocycles. The SMILES string of the molecule is COc1cc(Br)c(S(=O)(=O)NCC(O)CO)cc1OC. The van der Waals surface area contributed by atoms with Gasteiger partial charge in [0, 0.05) is 17.1 Å². The van der Waals surface area contributed by atoms with Gasteiger partial charge in [-0.3, -0.25) is 0 Å². The second-order valence-corrected chi connectivity index (χ2v) is 6.42. The Morgan fingerprint density at radius 3 is 2.35 bits per heavy atom. The summed E-state index contributed by atoms with van der Waals surface area (Å²) in [6.45, 7) is -0.824. The highest BCUT2D eigenvalue weighted by atomic mass is 79.9. The molecule has 9 heteroatoms. The standard InChI is InChI=1S/C11H16BrNO6S/c1-18-9-3-8(12)11(4-10(9)19-2)20(16,17)13-5-7(15)6-14/h3-4,7,13-15H,5-6H2,1-2H3. The molecule has 0 heterocycles. The minimum atomic E-state index is -3.86. The Hall–Kier alpha value is -0.870. The maximum absolute atomic E-state index is 12.1. The molecule has 0 saturated heterocycles.